The van der Waals surface area contributed by atoms with Crippen molar-refractivity contribution < 1.29 is 13.2 Å². The molecule has 0 saturated heterocycles. The van der Waals surface area contributed by atoms with Gasteiger partial charge >= 0.3 is 0 Å². The van der Waals surface area contributed by atoms with Crippen molar-refractivity contribution in [2.45, 2.75) is 37.6 Å². The molecule has 3 rings (SSSR count). The summed E-state index contributed by atoms with van der Waals surface area (Å²) in [6.07, 6.45) is 0. The van der Waals surface area contributed by atoms with Crippen LogP contribution in [0.4, 0.5) is 0 Å². The molecule has 3 N–H and O–H groups in total. The number of benzene rings is 1. The van der Waals surface area contributed by atoms with Gasteiger partial charge in [-0.15, -0.1) is 11.3 Å². The lowest BCUT2D eigenvalue weighted by molar-refractivity contribution is 0.0955. The molecule has 1 aliphatic rings. The van der Waals surface area contributed by atoms with Gasteiger partial charge in [-0.05, 0) is 44.5 Å². The molecule has 0 radical (unpaired) electrons. The molecule has 1 atom stereocenters. The van der Waals surface area contributed by atoms with E-state index in [9.17, 15) is 13.2 Å². The minimum atomic E-state index is -3.56. The van der Waals surface area contributed by atoms with Crippen LogP contribution in [0.15, 0.2) is 35.3 Å². The van der Waals surface area contributed by atoms with Crippen LogP contribution < -0.4 is 11.1 Å². The number of rotatable bonds is 4. The van der Waals surface area contributed by atoms with Gasteiger partial charge in [0, 0.05) is 11.6 Å². The second kappa shape index (κ2) is 7.58. The summed E-state index contributed by atoms with van der Waals surface area (Å²) in [4.78, 5) is 17.9. The number of carbonyl (C=O) groups is 1. The number of sulfone groups is 1. The molecule has 1 aromatic heterocycles. The Balaban J connectivity index is 1.85. The molecule has 6 nitrogen and oxygen atoms in total. The van der Waals surface area contributed by atoms with E-state index in [4.69, 9.17) is 28.9 Å². The molecule has 1 unspecified atom stereocenters. The van der Waals surface area contributed by atoms with E-state index < -0.39 is 20.1 Å². The number of carbonyl (C=O) groups excluding carboxylic acids is 1. The molecule has 29 heavy (non-hydrogen) atoms. The van der Waals surface area contributed by atoms with Gasteiger partial charge < -0.3 is 11.1 Å². The van der Waals surface area contributed by atoms with E-state index in [0.717, 1.165) is 16.9 Å². The van der Waals surface area contributed by atoms with Crippen molar-refractivity contribution in [3.63, 3.8) is 0 Å². The van der Waals surface area contributed by atoms with Gasteiger partial charge in [-0.25, -0.2) is 8.42 Å². The lowest BCUT2D eigenvalue weighted by Crippen LogP contribution is -2.54. The lowest BCUT2D eigenvalue weighted by atomic mass is 10.0. The fourth-order valence-corrected chi connectivity index (χ4v) is 6.42. The highest BCUT2D eigenvalue weighted by Crippen LogP contribution is 2.43. The van der Waals surface area contributed by atoms with E-state index in [0.29, 0.717) is 26.3 Å². The highest BCUT2D eigenvalue weighted by Gasteiger charge is 2.49. The topological polar surface area (TPSA) is 102 Å². The molecule has 1 aliphatic heterocycles. The van der Waals surface area contributed by atoms with Crippen LogP contribution in [-0.4, -0.2) is 30.7 Å². The average Bonchev–Trinajstić information content (AvgIpc) is 3.02. The number of nitrogens with zero attached hydrogens (tertiary/aromatic N) is 1. The summed E-state index contributed by atoms with van der Waals surface area (Å²) in [5, 5.41) is 3.73. The van der Waals surface area contributed by atoms with Crippen LogP contribution in [0.25, 0.3) is 0 Å². The third kappa shape index (κ3) is 4.17. The maximum Gasteiger partial charge on any atom is 0.261 e. The monoisotopic (exact) mass is 473 g/mol. The van der Waals surface area contributed by atoms with Crippen molar-refractivity contribution in [1.29, 1.82) is 0 Å². The molecule has 0 spiro atoms. The summed E-state index contributed by atoms with van der Waals surface area (Å²) in [6, 6.07) is 8.67. The van der Waals surface area contributed by atoms with E-state index in [1.807, 2.05) is 12.1 Å². The molecule has 0 bridgehead atoms. The number of thiophene rings is 1. The van der Waals surface area contributed by atoms with Gasteiger partial charge in [-0.1, -0.05) is 35.3 Å². The van der Waals surface area contributed by atoms with Gasteiger partial charge in [0.25, 0.3) is 5.91 Å². The minimum absolute atomic E-state index is 0.0319. The predicted molar refractivity (Wildman–Crippen MR) is 119 cm³/mol. The Labute approximate surface area is 184 Å². The maximum atomic E-state index is 12.8. The summed E-state index contributed by atoms with van der Waals surface area (Å²) in [5.41, 5.74) is 5.74. The highest BCUT2D eigenvalue weighted by molar-refractivity contribution is 7.93. The Kier molecular flexibility index (Phi) is 5.77. The normalized spacial score (nSPS) is 22.7. The summed E-state index contributed by atoms with van der Waals surface area (Å²) in [5.74, 6) is -0.512. The Morgan fingerprint density at radius 3 is 2.45 bits per heavy atom. The first-order chi connectivity index (χ1) is 13.4. The van der Waals surface area contributed by atoms with Crippen molar-refractivity contribution in [3.8, 4) is 0 Å². The van der Waals surface area contributed by atoms with Gasteiger partial charge in [0.1, 0.15) is 16.1 Å². The van der Waals surface area contributed by atoms with Crippen LogP contribution >= 0.6 is 34.5 Å². The van der Waals surface area contributed by atoms with Crippen LogP contribution in [0.1, 0.15) is 40.9 Å². The van der Waals surface area contributed by atoms with Crippen LogP contribution in [0.5, 0.6) is 0 Å². The number of hydrogen-bond acceptors (Lipinski definition) is 6. The van der Waals surface area contributed by atoms with E-state index in [2.05, 4.69) is 10.3 Å². The third-order valence-electron chi connectivity index (χ3n) is 5.00. The Morgan fingerprint density at radius 2 is 1.86 bits per heavy atom. The van der Waals surface area contributed by atoms with Crippen LogP contribution in [0.3, 0.4) is 0 Å². The fraction of sp³-hybridized carbons (Fsp3) is 0.368. The number of amides is 1. The zero-order valence-corrected chi connectivity index (χ0v) is 19.3. The highest BCUT2D eigenvalue weighted by atomic mass is 35.5. The molecule has 10 heteroatoms. The standard InChI is InChI=1S/C19H21Cl2N3O3S2/c1-18(2)17(22)24-19(3,10-29(18,26)27)15-13(21)8-14(28-15)16(25)23-9-11-4-6-12(20)7-5-11/h4-8H,9-10H2,1-3H3,(H2,22,24)(H,23,25). The summed E-state index contributed by atoms with van der Waals surface area (Å²) in [7, 11) is -3.56. The van der Waals surface area contributed by atoms with Crippen LogP contribution in [0, 0.1) is 0 Å². The minimum Gasteiger partial charge on any atom is -0.386 e. The molecule has 0 aliphatic carbocycles. The number of halogens is 2. The second-order valence-corrected chi connectivity index (χ2v) is 12.1. The molecule has 1 aromatic carbocycles. The van der Waals surface area contributed by atoms with E-state index in [1.54, 1.807) is 19.1 Å². The van der Waals surface area contributed by atoms with Crippen LogP contribution in [0.2, 0.25) is 10.0 Å². The average molecular weight is 474 g/mol. The summed E-state index contributed by atoms with van der Waals surface area (Å²) < 4.78 is 24.3. The van der Waals surface area contributed by atoms with Crippen LogP contribution in [-0.2, 0) is 21.9 Å². The van der Waals surface area contributed by atoms with Gasteiger partial charge in [0.05, 0.1) is 20.5 Å². The number of nitrogens with one attached hydrogen (secondary N) is 1. The van der Waals surface area contributed by atoms with E-state index >= 15 is 0 Å². The molecule has 156 valence electrons. The van der Waals surface area contributed by atoms with Gasteiger partial charge in [0.15, 0.2) is 9.84 Å². The van der Waals surface area contributed by atoms with Crippen molar-refractivity contribution in [2.75, 3.05) is 5.75 Å². The fourth-order valence-electron chi connectivity index (χ4n) is 2.98. The first kappa shape index (κ1) is 22.1. The van der Waals surface area contributed by atoms with Crippen molar-refractivity contribution in [3.05, 3.63) is 55.7 Å². The number of nitrogens with two attached hydrogens (primary N) is 1. The Morgan fingerprint density at radius 1 is 1.24 bits per heavy atom. The molecule has 2 aromatic rings. The summed E-state index contributed by atoms with van der Waals surface area (Å²) >= 11 is 13.4. The molecule has 0 saturated carbocycles. The molecular weight excluding hydrogens is 453 g/mol. The van der Waals surface area contributed by atoms with Crippen molar-refractivity contribution in [2.24, 2.45) is 10.7 Å². The summed E-state index contributed by atoms with van der Waals surface area (Å²) in [6.45, 7) is 5.06. The number of aliphatic imine (C=N–C) groups is 1. The Hall–Kier alpha value is -1.61. The van der Waals surface area contributed by atoms with Gasteiger partial charge in [0.2, 0.25) is 0 Å². The predicted octanol–water partition coefficient (Wildman–Crippen LogP) is 3.76. The first-order valence-corrected chi connectivity index (χ1v) is 12.0. The third-order valence-corrected chi connectivity index (χ3v) is 9.75. The molecule has 0 fully saturated rings. The molecule has 2 heterocycles. The van der Waals surface area contributed by atoms with Crippen molar-refractivity contribution in [1.82, 2.24) is 5.32 Å². The quantitative estimate of drug-likeness (QED) is 0.705. The first-order valence-electron chi connectivity index (χ1n) is 8.76. The smallest absolute Gasteiger partial charge is 0.261 e. The zero-order valence-electron chi connectivity index (χ0n) is 16.1. The Bertz CT molecular complexity index is 1090. The zero-order chi connectivity index (χ0) is 21.6. The van der Waals surface area contributed by atoms with Crippen molar-refractivity contribution >= 4 is 56.1 Å². The second-order valence-electron chi connectivity index (χ2n) is 7.64. The molecular formula is C19H21Cl2N3O3S2. The number of amidine groups is 1. The van der Waals surface area contributed by atoms with E-state index in [-0.39, 0.29) is 17.5 Å². The number of hydrogen-bond donors (Lipinski definition) is 2. The van der Waals surface area contributed by atoms with Gasteiger partial charge in [-0.2, -0.15) is 0 Å². The molecule has 1 amide bonds. The lowest BCUT2D eigenvalue weighted by Gasteiger charge is -2.37. The SMILES string of the molecule is CC1(c2sc(C(=O)NCc3ccc(Cl)cc3)cc2Cl)CS(=O)(=O)C(C)(C)C(N)=N1. The van der Waals surface area contributed by atoms with E-state index in [1.165, 1.54) is 19.9 Å². The maximum absolute atomic E-state index is 12.8. The van der Waals surface area contributed by atoms with Gasteiger partial charge in [-0.3, -0.25) is 9.79 Å². The largest absolute Gasteiger partial charge is 0.386 e.